The fraction of sp³-hybridized carbons (Fsp3) is 0.182. The lowest BCUT2D eigenvalue weighted by atomic mass is 10.1. The molecule has 1 heterocycles. The lowest BCUT2D eigenvalue weighted by Gasteiger charge is -2.09. The van der Waals surface area contributed by atoms with Crippen molar-refractivity contribution in [2.24, 2.45) is 0 Å². The van der Waals surface area contributed by atoms with Crippen molar-refractivity contribution in [1.82, 2.24) is 4.98 Å². The maximum Gasteiger partial charge on any atom is 0.443 e. The number of aliphatic hydroxyl groups excluding tert-OH is 1. The highest BCUT2D eigenvalue weighted by molar-refractivity contribution is 7.11. The molecule has 0 radical (unpaired) electrons. The van der Waals surface area contributed by atoms with Gasteiger partial charge >= 0.3 is 6.18 Å². The molecule has 19 heavy (non-hydrogen) atoms. The first kappa shape index (κ1) is 14.6. The number of halogens is 5. The molecule has 0 aliphatic rings. The van der Waals surface area contributed by atoms with Crippen molar-refractivity contribution in [3.05, 3.63) is 49.9 Å². The summed E-state index contributed by atoms with van der Waals surface area (Å²) >= 11 is 11.9. The highest BCUT2D eigenvalue weighted by atomic mass is 35.5. The van der Waals surface area contributed by atoms with Crippen LogP contribution in [0.4, 0.5) is 13.2 Å². The number of aromatic nitrogens is 1. The topological polar surface area (TPSA) is 33.1 Å². The molecule has 1 unspecified atom stereocenters. The molecule has 2 rings (SSSR count). The third kappa shape index (κ3) is 3.39. The first-order valence-corrected chi connectivity index (χ1v) is 6.51. The van der Waals surface area contributed by atoms with Gasteiger partial charge in [-0.05, 0) is 23.8 Å². The number of thiazole rings is 1. The van der Waals surface area contributed by atoms with Crippen LogP contribution < -0.4 is 0 Å². The van der Waals surface area contributed by atoms with Crippen molar-refractivity contribution >= 4 is 34.5 Å². The third-order valence-corrected chi connectivity index (χ3v) is 3.77. The number of benzene rings is 1. The maximum atomic E-state index is 12.4. The van der Waals surface area contributed by atoms with Crippen molar-refractivity contribution in [1.29, 1.82) is 0 Å². The van der Waals surface area contributed by atoms with E-state index < -0.39 is 17.3 Å². The van der Waals surface area contributed by atoms with Crippen molar-refractivity contribution in [3.63, 3.8) is 0 Å². The molecule has 0 fully saturated rings. The van der Waals surface area contributed by atoms with Crippen LogP contribution in [-0.4, -0.2) is 10.1 Å². The molecular weight excluding hydrogens is 322 g/mol. The molecule has 0 bridgehead atoms. The van der Waals surface area contributed by atoms with E-state index in [1.807, 2.05) is 0 Å². The summed E-state index contributed by atoms with van der Waals surface area (Å²) in [4.78, 5) is 3.32. The fourth-order valence-corrected chi connectivity index (χ4v) is 2.78. The molecule has 2 nitrogen and oxygen atoms in total. The van der Waals surface area contributed by atoms with Crippen LogP contribution in [0.5, 0.6) is 0 Å². The smallest absolute Gasteiger partial charge is 0.383 e. The lowest BCUT2D eigenvalue weighted by Crippen LogP contribution is -2.03. The van der Waals surface area contributed by atoms with Gasteiger partial charge in [-0.25, -0.2) is 4.98 Å². The van der Waals surface area contributed by atoms with Gasteiger partial charge in [-0.2, -0.15) is 13.2 Å². The van der Waals surface area contributed by atoms with Crippen LogP contribution in [0, 0.1) is 0 Å². The van der Waals surface area contributed by atoms with Crippen LogP contribution in [0.2, 0.25) is 10.0 Å². The maximum absolute atomic E-state index is 12.4. The Bertz CT molecular complexity index is 580. The van der Waals surface area contributed by atoms with Gasteiger partial charge in [0.25, 0.3) is 0 Å². The van der Waals surface area contributed by atoms with Crippen LogP contribution in [0.15, 0.2) is 24.4 Å². The van der Waals surface area contributed by atoms with Crippen LogP contribution in [0.3, 0.4) is 0 Å². The summed E-state index contributed by atoms with van der Waals surface area (Å²) in [6, 6.07) is 4.34. The van der Waals surface area contributed by atoms with Gasteiger partial charge in [-0.3, -0.25) is 0 Å². The first-order chi connectivity index (χ1) is 8.77. The minimum Gasteiger partial charge on any atom is -0.383 e. The second-order valence-corrected chi connectivity index (χ2v) is 5.61. The monoisotopic (exact) mass is 327 g/mol. The number of nitrogens with zero attached hydrogens (tertiary/aromatic N) is 1. The summed E-state index contributed by atoms with van der Waals surface area (Å²) in [7, 11) is 0. The molecule has 0 saturated carbocycles. The van der Waals surface area contributed by atoms with Crippen LogP contribution in [0.25, 0.3) is 0 Å². The molecule has 0 aliphatic carbocycles. The summed E-state index contributed by atoms with van der Waals surface area (Å²) in [5, 5.41) is 9.59. The molecule has 2 aromatic rings. The summed E-state index contributed by atoms with van der Waals surface area (Å²) in [6.45, 7) is 0. The quantitative estimate of drug-likeness (QED) is 0.877. The molecule has 102 valence electrons. The molecule has 0 saturated heterocycles. The largest absolute Gasteiger partial charge is 0.443 e. The van der Waals surface area contributed by atoms with Gasteiger partial charge in [0.2, 0.25) is 0 Å². The Morgan fingerprint density at radius 3 is 2.21 bits per heavy atom. The van der Waals surface area contributed by atoms with Gasteiger partial charge in [0.1, 0.15) is 6.10 Å². The summed E-state index contributed by atoms with van der Waals surface area (Å²) in [5.74, 6) is 0. The molecule has 8 heteroatoms. The van der Waals surface area contributed by atoms with E-state index in [9.17, 15) is 18.3 Å². The van der Waals surface area contributed by atoms with Crippen LogP contribution >= 0.6 is 34.5 Å². The van der Waals surface area contributed by atoms with Gasteiger partial charge in [0.05, 0.1) is 4.88 Å². The van der Waals surface area contributed by atoms with Gasteiger partial charge in [-0.1, -0.05) is 23.2 Å². The number of alkyl halides is 3. The third-order valence-electron chi connectivity index (χ3n) is 2.24. The molecule has 1 N–H and O–H groups in total. The predicted octanol–water partition coefficient (Wildman–Crippen LogP) is 4.55. The zero-order valence-corrected chi connectivity index (χ0v) is 11.4. The lowest BCUT2D eigenvalue weighted by molar-refractivity contribution is -0.137. The van der Waals surface area contributed by atoms with Gasteiger partial charge < -0.3 is 5.11 Å². The second kappa shape index (κ2) is 5.28. The summed E-state index contributed by atoms with van der Waals surface area (Å²) in [6.07, 6.45) is -4.77. The van der Waals surface area contributed by atoms with E-state index in [1.54, 1.807) is 0 Å². The zero-order valence-electron chi connectivity index (χ0n) is 9.08. The first-order valence-electron chi connectivity index (χ1n) is 4.94. The summed E-state index contributed by atoms with van der Waals surface area (Å²) in [5.41, 5.74) is 0.315. The average molecular weight is 328 g/mol. The van der Waals surface area contributed by atoms with E-state index in [0.29, 0.717) is 26.9 Å². The molecule has 1 aromatic heterocycles. The number of hydrogen-bond donors (Lipinski definition) is 1. The van der Waals surface area contributed by atoms with E-state index in [-0.39, 0.29) is 4.88 Å². The van der Waals surface area contributed by atoms with Gasteiger partial charge in [-0.15, -0.1) is 11.3 Å². The molecule has 0 amide bonds. The second-order valence-electron chi connectivity index (χ2n) is 3.67. The van der Waals surface area contributed by atoms with Gasteiger partial charge in [0.15, 0.2) is 5.01 Å². The number of aliphatic hydroxyl groups is 1. The Labute approximate surface area is 120 Å². The Morgan fingerprint density at radius 2 is 1.74 bits per heavy atom. The molecular formula is C11H6Cl2F3NOS. The average Bonchev–Trinajstić information content (AvgIpc) is 2.75. The highest BCUT2D eigenvalue weighted by Crippen LogP contribution is 2.36. The van der Waals surface area contributed by atoms with E-state index in [2.05, 4.69) is 4.98 Å². The highest BCUT2D eigenvalue weighted by Gasteiger charge is 2.35. The molecule has 1 atom stereocenters. The van der Waals surface area contributed by atoms with Crippen molar-refractivity contribution in [2.75, 3.05) is 0 Å². The SMILES string of the molecule is OC(c1cc(Cl)cc(Cl)c1)c1cnc(C(F)(F)F)s1. The Morgan fingerprint density at radius 1 is 1.16 bits per heavy atom. The molecule has 0 spiro atoms. The normalized spacial score (nSPS) is 13.6. The van der Waals surface area contributed by atoms with E-state index in [4.69, 9.17) is 23.2 Å². The van der Waals surface area contributed by atoms with Crippen molar-refractivity contribution < 1.29 is 18.3 Å². The Hall–Kier alpha value is -0.820. The van der Waals surface area contributed by atoms with Crippen molar-refractivity contribution in [2.45, 2.75) is 12.3 Å². The predicted molar refractivity (Wildman–Crippen MR) is 67.6 cm³/mol. The van der Waals surface area contributed by atoms with Crippen molar-refractivity contribution in [3.8, 4) is 0 Å². The standard InChI is InChI=1S/C11H6Cl2F3NOS/c12-6-1-5(2-7(13)3-6)9(18)8-4-17-10(19-8)11(14,15)16/h1-4,9,18H. The van der Waals surface area contributed by atoms with Gasteiger partial charge in [0, 0.05) is 16.2 Å². The van der Waals surface area contributed by atoms with E-state index in [0.717, 1.165) is 6.20 Å². The van der Waals surface area contributed by atoms with E-state index in [1.165, 1.54) is 18.2 Å². The van der Waals surface area contributed by atoms with Crippen LogP contribution in [0.1, 0.15) is 21.6 Å². The minimum absolute atomic E-state index is 0.0747. The zero-order chi connectivity index (χ0) is 14.2. The fourth-order valence-electron chi connectivity index (χ4n) is 1.44. The Balaban J connectivity index is 2.33. The summed E-state index contributed by atoms with van der Waals surface area (Å²) < 4.78 is 37.3. The number of hydrogen-bond acceptors (Lipinski definition) is 3. The van der Waals surface area contributed by atoms with Crippen LogP contribution in [-0.2, 0) is 6.18 Å². The van der Waals surface area contributed by atoms with E-state index >= 15 is 0 Å². The molecule has 0 aliphatic heterocycles. The Kier molecular flexibility index (Phi) is 4.06. The molecule has 1 aromatic carbocycles. The minimum atomic E-state index is -4.52. The number of rotatable bonds is 2.